The van der Waals surface area contributed by atoms with Gasteiger partial charge in [-0.3, -0.25) is 0 Å². The number of rotatable bonds is 0. The summed E-state index contributed by atoms with van der Waals surface area (Å²) in [5.74, 6) is 0. The molecule has 0 aromatic rings. The van der Waals surface area contributed by atoms with Crippen molar-refractivity contribution in [1.29, 1.82) is 0 Å². The molecule has 0 fully saturated rings. The minimum Gasteiger partial charge on any atom is -0.214 e. The monoisotopic (exact) mass is 118 g/mol. The Morgan fingerprint density at radius 2 is 1.29 bits per heavy atom. The lowest BCUT2D eigenvalue weighted by atomic mass is 10.9. The van der Waals surface area contributed by atoms with Gasteiger partial charge in [0.2, 0.25) is 13.4 Å². The van der Waals surface area contributed by atoms with Crippen LogP contribution in [0.4, 0.5) is 17.6 Å². The van der Waals surface area contributed by atoms with Gasteiger partial charge in [0.1, 0.15) is 0 Å². The van der Waals surface area contributed by atoms with Crippen LogP contribution < -0.4 is 0 Å². The first-order valence-corrected chi connectivity index (χ1v) is 1.55. The smallest absolute Gasteiger partial charge is 0.214 e. The first-order valence-electron chi connectivity index (χ1n) is 1.55. The van der Waals surface area contributed by atoms with E-state index in [9.17, 15) is 17.6 Å². The fraction of sp³-hybridized carbons (Fsp3) is 1.00. The average Bonchev–Trinajstić information content (AvgIpc) is 1.33. The van der Waals surface area contributed by atoms with Crippen molar-refractivity contribution in [2.24, 2.45) is 0 Å². The van der Waals surface area contributed by atoms with Gasteiger partial charge < -0.3 is 0 Å². The second kappa shape index (κ2) is 9.21. The molecule has 0 N–H and O–H groups in total. The number of hydrogen-bond donors (Lipinski definition) is 0. The third-order valence-corrected chi connectivity index (χ3v) is 0. The highest BCUT2D eigenvalue weighted by molar-refractivity contribution is 4.06. The molecule has 0 aliphatic carbocycles. The molecule has 0 bridgehead atoms. The molecular weight excluding hydrogens is 112 g/mol. The van der Waals surface area contributed by atoms with Crippen LogP contribution in [0, 0.1) is 0 Å². The summed E-state index contributed by atoms with van der Waals surface area (Å²) in [5, 5.41) is 0. The molecule has 4 heteroatoms. The van der Waals surface area contributed by atoms with Crippen LogP contribution in [0.2, 0.25) is 0 Å². The van der Waals surface area contributed by atoms with E-state index in [0.717, 1.165) is 6.92 Å². The molecule has 0 amide bonds. The van der Waals surface area contributed by atoms with Crippen molar-refractivity contribution in [3.63, 3.8) is 0 Å². The second-order valence-electron chi connectivity index (χ2n) is 0.620. The van der Waals surface area contributed by atoms with Gasteiger partial charge in [-0.2, -0.15) is 0 Å². The molecule has 46 valence electrons. The maximum atomic E-state index is 10.3. The summed E-state index contributed by atoms with van der Waals surface area (Å²) in [6.07, 6.45) is -2.17. The Kier molecular flexibility index (Phi) is 13.0. The topological polar surface area (TPSA) is 0 Å². The van der Waals surface area contributed by atoms with Crippen LogP contribution in [0.5, 0.6) is 0 Å². The minimum absolute atomic E-state index is 0.833. The van der Waals surface area contributed by atoms with Crippen molar-refractivity contribution in [3.8, 4) is 0 Å². The lowest BCUT2D eigenvalue weighted by Gasteiger charge is -1.70. The van der Waals surface area contributed by atoms with Crippen LogP contribution in [0.25, 0.3) is 0 Å². The van der Waals surface area contributed by atoms with E-state index in [4.69, 9.17) is 0 Å². The molecule has 0 spiro atoms. The molecule has 0 rings (SSSR count). The Morgan fingerprint density at radius 3 is 1.29 bits per heavy atom. The SMILES string of the molecule is CC(F)F.FCF. The predicted molar refractivity (Wildman–Crippen MR) is 18.8 cm³/mol. The third kappa shape index (κ3) is 1010. The molecule has 0 aliphatic heterocycles. The summed E-state index contributed by atoms with van der Waals surface area (Å²) in [5.41, 5.74) is 0. The van der Waals surface area contributed by atoms with Gasteiger partial charge in [-0.1, -0.05) is 0 Å². The van der Waals surface area contributed by atoms with Crippen LogP contribution in [0.3, 0.4) is 0 Å². The maximum Gasteiger partial charge on any atom is 0.235 e. The molecule has 0 atom stereocenters. The highest BCUT2D eigenvalue weighted by Gasteiger charge is 1.79. The molecule has 0 aromatic heterocycles. The predicted octanol–water partition coefficient (Wildman–Crippen LogP) is 2.15. The quantitative estimate of drug-likeness (QED) is 0.427. The van der Waals surface area contributed by atoms with Crippen molar-refractivity contribution >= 4 is 0 Å². The van der Waals surface area contributed by atoms with E-state index in [1.54, 1.807) is 0 Å². The fourth-order valence-electron chi connectivity index (χ4n) is 0. The second-order valence-corrected chi connectivity index (χ2v) is 0.620. The van der Waals surface area contributed by atoms with Crippen molar-refractivity contribution in [2.75, 3.05) is 6.93 Å². The van der Waals surface area contributed by atoms with Crippen molar-refractivity contribution in [3.05, 3.63) is 0 Å². The Balaban J connectivity index is 0. The van der Waals surface area contributed by atoms with Gasteiger partial charge in [-0.15, -0.1) is 0 Å². The standard InChI is InChI=1S/C2H4F2.CH2F2/c1-2(3)4;2-1-3/h2H,1H3;1H2. The van der Waals surface area contributed by atoms with Gasteiger partial charge in [0.15, 0.2) is 0 Å². The molecule has 0 aromatic carbocycles. The lowest BCUT2D eigenvalue weighted by molar-refractivity contribution is 0.171. The Hall–Kier alpha value is -0.280. The number of halogens is 4. The average molecular weight is 118 g/mol. The highest BCUT2D eigenvalue weighted by Crippen LogP contribution is 1.82. The van der Waals surface area contributed by atoms with Crippen LogP contribution in [-0.2, 0) is 0 Å². The third-order valence-electron chi connectivity index (χ3n) is 0. The number of hydrogen-bond acceptors (Lipinski definition) is 0. The van der Waals surface area contributed by atoms with E-state index in [0.29, 0.717) is 0 Å². The Bertz CT molecular complexity index is 18.1. The van der Waals surface area contributed by atoms with Crippen LogP contribution in [0.15, 0.2) is 0 Å². The highest BCUT2D eigenvalue weighted by atomic mass is 19.3. The molecule has 0 heterocycles. The molecular formula is C3H6F4. The van der Waals surface area contributed by atoms with E-state index >= 15 is 0 Å². The summed E-state index contributed by atoms with van der Waals surface area (Å²) in [6, 6.07) is 0. The van der Waals surface area contributed by atoms with Gasteiger partial charge in [-0.05, 0) is 6.92 Å². The molecule has 7 heavy (non-hydrogen) atoms. The summed E-state index contributed by atoms with van der Waals surface area (Å²) >= 11 is 0. The fourth-order valence-corrected chi connectivity index (χ4v) is 0. The van der Waals surface area contributed by atoms with E-state index in [2.05, 4.69) is 0 Å². The zero-order chi connectivity index (χ0) is 6.28. The maximum absolute atomic E-state index is 10.3. The summed E-state index contributed by atoms with van der Waals surface area (Å²) < 4.78 is 39.9. The first kappa shape index (κ1) is 9.87. The van der Waals surface area contributed by atoms with E-state index in [1.165, 1.54) is 0 Å². The van der Waals surface area contributed by atoms with E-state index in [1.807, 2.05) is 0 Å². The molecule has 0 aliphatic rings. The van der Waals surface area contributed by atoms with Gasteiger partial charge >= 0.3 is 0 Å². The van der Waals surface area contributed by atoms with Crippen molar-refractivity contribution < 1.29 is 17.6 Å². The van der Waals surface area contributed by atoms with Gasteiger partial charge in [0, 0.05) is 0 Å². The summed E-state index contributed by atoms with van der Waals surface area (Å²) in [4.78, 5) is 0. The molecule has 0 saturated carbocycles. The first-order chi connectivity index (χ1) is 3.15. The van der Waals surface area contributed by atoms with Crippen LogP contribution in [-0.4, -0.2) is 13.4 Å². The van der Waals surface area contributed by atoms with Crippen molar-refractivity contribution in [2.45, 2.75) is 13.3 Å². The minimum atomic E-state index is -2.17. The molecule has 0 saturated heterocycles. The molecule has 0 radical (unpaired) electrons. The molecule has 0 unspecified atom stereocenters. The zero-order valence-electron chi connectivity index (χ0n) is 3.80. The largest absolute Gasteiger partial charge is 0.235 e. The van der Waals surface area contributed by atoms with E-state index in [-0.39, 0.29) is 0 Å². The lowest BCUT2D eigenvalue weighted by Crippen LogP contribution is -1.69. The van der Waals surface area contributed by atoms with Crippen LogP contribution >= 0.6 is 0 Å². The van der Waals surface area contributed by atoms with Gasteiger partial charge in [-0.25, -0.2) is 17.6 Å². The Labute approximate surface area is 39.1 Å². The van der Waals surface area contributed by atoms with Crippen molar-refractivity contribution in [1.82, 2.24) is 0 Å². The summed E-state index contributed by atoms with van der Waals surface area (Å²) in [7, 11) is 0. The summed E-state index contributed by atoms with van der Waals surface area (Å²) in [6.45, 7) is -0.917. The van der Waals surface area contributed by atoms with Crippen LogP contribution in [0.1, 0.15) is 6.92 Å². The molecule has 0 nitrogen and oxygen atoms in total. The normalized spacial score (nSPS) is 7.71. The van der Waals surface area contributed by atoms with Gasteiger partial charge in [0.05, 0.1) is 0 Å². The van der Waals surface area contributed by atoms with Gasteiger partial charge in [0.25, 0.3) is 0 Å². The zero-order valence-corrected chi connectivity index (χ0v) is 3.80. The Morgan fingerprint density at radius 1 is 1.29 bits per heavy atom. The number of alkyl halides is 4. The van der Waals surface area contributed by atoms with E-state index < -0.39 is 13.4 Å².